The summed E-state index contributed by atoms with van der Waals surface area (Å²) in [7, 11) is 1.21. The van der Waals surface area contributed by atoms with Crippen molar-refractivity contribution in [3.63, 3.8) is 0 Å². The Labute approximate surface area is 140 Å². The molecule has 2 rings (SSSR count). The van der Waals surface area contributed by atoms with E-state index in [0.717, 1.165) is 11.3 Å². The zero-order valence-electron chi connectivity index (χ0n) is 12.5. The standard InChI is InChI=1S/C15H13N3O5S/c1-23-15(22)10-7-8-24-14(10)16-12(20)13(21)18-17-11(19)9-5-3-2-4-6-9/h2-8H,1H3,(H,16,20)(H,17,19)(H,18,21). The van der Waals surface area contributed by atoms with Crippen molar-refractivity contribution in [1.82, 2.24) is 10.9 Å². The Hall–Kier alpha value is -3.20. The number of carbonyl (C=O) groups is 4. The second-order valence-electron chi connectivity index (χ2n) is 4.38. The minimum absolute atomic E-state index is 0.136. The first-order valence-electron chi connectivity index (χ1n) is 6.65. The molecule has 124 valence electrons. The van der Waals surface area contributed by atoms with Crippen LogP contribution in [0.5, 0.6) is 0 Å². The zero-order valence-corrected chi connectivity index (χ0v) is 13.3. The summed E-state index contributed by atoms with van der Waals surface area (Å²) >= 11 is 1.06. The van der Waals surface area contributed by atoms with Crippen molar-refractivity contribution in [1.29, 1.82) is 0 Å². The minimum Gasteiger partial charge on any atom is -0.465 e. The molecule has 1 aromatic heterocycles. The molecule has 0 fully saturated rings. The van der Waals surface area contributed by atoms with Crippen molar-refractivity contribution in [3.05, 3.63) is 52.9 Å². The molecule has 0 radical (unpaired) electrons. The fourth-order valence-electron chi connectivity index (χ4n) is 1.67. The Bertz CT molecular complexity index is 772. The molecule has 0 atom stereocenters. The van der Waals surface area contributed by atoms with E-state index in [0.29, 0.717) is 5.56 Å². The molecule has 0 aliphatic heterocycles. The maximum atomic E-state index is 11.8. The maximum Gasteiger partial charge on any atom is 0.340 e. The molecule has 0 unspecified atom stereocenters. The molecule has 1 aromatic carbocycles. The van der Waals surface area contributed by atoms with E-state index in [1.165, 1.54) is 13.2 Å². The normalized spacial score (nSPS) is 9.71. The summed E-state index contributed by atoms with van der Waals surface area (Å²) < 4.78 is 4.56. The highest BCUT2D eigenvalue weighted by molar-refractivity contribution is 7.14. The van der Waals surface area contributed by atoms with Crippen LogP contribution in [0.3, 0.4) is 0 Å². The average molecular weight is 347 g/mol. The predicted octanol–water partition coefficient (Wildman–Crippen LogP) is 0.934. The summed E-state index contributed by atoms with van der Waals surface area (Å²) in [6.45, 7) is 0. The number of rotatable bonds is 3. The summed E-state index contributed by atoms with van der Waals surface area (Å²) in [5.41, 5.74) is 4.57. The Morgan fingerprint density at radius 2 is 1.67 bits per heavy atom. The summed E-state index contributed by atoms with van der Waals surface area (Å²) in [4.78, 5) is 46.8. The Balaban J connectivity index is 1.91. The van der Waals surface area contributed by atoms with Gasteiger partial charge in [0.1, 0.15) is 5.00 Å². The first kappa shape index (κ1) is 17.2. The number of nitrogens with one attached hydrogen (secondary N) is 3. The van der Waals surface area contributed by atoms with E-state index in [-0.39, 0.29) is 10.6 Å². The first-order chi connectivity index (χ1) is 11.5. The molecule has 3 amide bonds. The van der Waals surface area contributed by atoms with Crippen LogP contribution < -0.4 is 16.2 Å². The molecule has 8 nitrogen and oxygen atoms in total. The van der Waals surface area contributed by atoms with Crippen molar-refractivity contribution in [2.75, 3.05) is 12.4 Å². The summed E-state index contributed by atoms with van der Waals surface area (Å²) in [6, 6.07) is 9.62. The zero-order chi connectivity index (χ0) is 17.5. The van der Waals surface area contributed by atoms with Crippen LogP contribution in [0.2, 0.25) is 0 Å². The van der Waals surface area contributed by atoms with Crippen LogP contribution >= 0.6 is 11.3 Å². The van der Waals surface area contributed by atoms with E-state index in [1.807, 2.05) is 5.43 Å². The summed E-state index contributed by atoms with van der Waals surface area (Å²) in [6.07, 6.45) is 0. The number of hydrazine groups is 1. The van der Waals surface area contributed by atoms with Crippen LogP contribution in [0.4, 0.5) is 5.00 Å². The van der Waals surface area contributed by atoms with Crippen LogP contribution in [0.25, 0.3) is 0 Å². The van der Waals surface area contributed by atoms with Gasteiger partial charge in [0, 0.05) is 5.56 Å². The third kappa shape index (κ3) is 4.17. The van der Waals surface area contributed by atoms with Gasteiger partial charge in [-0.05, 0) is 23.6 Å². The van der Waals surface area contributed by atoms with Gasteiger partial charge in [-0.2, -0.15) is 0 Å². The quantitative estimate of drug-likeness (QED) is 0.434. The average Bonchev–Trinajstić information content (AvgIpc) is 3.07. The molecule has 0 saturated heterocycles. The van der Waals surface area contributed by atoms with Crippen LogP contribution in [0, 0.1) is 0 Å². The molecule has 0 saturated carbocycles. The van der Waals surface area contributed by atoms with E-state index in [4.69, 9.17) is 0 Å². The number of amides is 3. The van der Waals surface area contributed by atoms with Crippen LogP contribution in [-0.4, -0.2) is 30.8 Å². The topological polar surface area (TPSA) is 114 Å². The van der Waals surface area contributed by atoms with Crippen LogP contribution in [0.15, 0.2) is 41.8 Å². The fourth-order valence-corrected chi connectivity index (χ4v) is 2.44. The van der Waals surface area contributed by atoms with Crippen molar-refractivity contribution < 1.29 is 23.9 Å². The van der Waals surface area contributed by atoms with E-state index >= 15 is 0 Å². The van der Waals surface area contributed by atoms with Gasteiger partial charge in [-0.1, -0.05) is 18.2 Å². The molecule has 3 N–H and O–H groups in total. The number of anilines is 1. The number of thiophene rings is 1. The lowest BCUT2D eigenvalue weighted by atomic mass is 10.2. The van der Waals surface area contributed by atoms with Crippen molar-refractivity contribution in [3.8, 4) is 0 Å². The number of hydrogen-bond donors (Lipinski definition) is 3. The second-order valence-corrected chi connectivity index (χ2v) is 5.30. The summed E-state index contributed by atoms with van der Waals surface area (Å²) in [5, 5.41) is 4.03. The number of methoxy groups -OCH3 is 1. The van der Waals surface area contributed by atoms with Crippen molar-refractivity contribution in [2.24, 2.45) is 0 Å². The van der Waals surface area contributed by atoms with E-state index in [1.54, 1.807) is 35.7 Å². The molecule has 24 heavy (non-hydrogen) atoms. The van der Waals surface area contributed by atoms with E-state index < -0.39 is 23.7 Å². The van der Waals surface area contributed by atoms with Gasteiger partial charge in [-0.25, -0.2) is 4.79 Å². The lowest BCUT2D eigenvalue weighted by molar-refractivity contribution is -0.136. The van der Waals surface area contributed by atoms with Gasteiger partial charge >= 0.3 is 17.8 Å². The largest absolute Gasteiger partial charge is 0.465 e. The van der Waals surface area contributed by atoms with Gasteiger partial charge in [0.25, 0.3) is 5.91 Å². The van der Waals surface area contributed by atoms with E-state index in [9.17, 15) is 19.2 Å². The van der Waals surface area contributed by atoms with Crippen LogP contribution in [0.1, 0.15) is 20.7 Å². The maximum absolute atomic E-state index is 11.8. The molecule has 0 bridgehead atoms. The number of hydrogen-bond acceptors (Lipinski definition) is 6. The van der Waals surface area contributed by atoms with Gasteiger partial charge < -0.3 is 10.1 Å². The Morgan fingerprint density at radius 1 is 0.958 bits per heavy atom. The molecule has 9 heteroatoms. The van der Waals surface area contributed by atoms with Gasteiger partial charge in [0.15, 0.2) is 0 Å². The van der Waals surface area contributed by atoms with Gasteiger partial charge in [0.2, 0.25) is 0 Å². The molecular weight excluding hydrogens is 334 g/mol. The van der Waals surface area contributed by atoms with Crippen molar-refractivity contribution in [2.45, 2.75) is 0 Å². The lowest BCUT2D eigenvalue weighted by Crippen LogP contribution is -2.46. The molecule has 0 aliphatic rings. The number of carbonyl (C=O) groups excluding carboxylic acids is 4. The highest BCUT2D eigenvalue weighted by Gasteiger charge is 2.20. The van der Waals surface area contributed by atoms with Gasteiger partial charge in [-0.15, -0.1) is 11.3 Å². The monoisotopic (exact) mass is 347 g/mol. The SMILES string of the molecule is COC(=O)c1ccsc1NC(=O)C(=O)NNC(=O)c1ccccc1. The van der Waals surface area contributed by atoms with Crippen molar-refractivity contribution >= 4 is 40.0 Å². The molecule has 0 spiro atoms. The predicted molar refractivity (Wildman–Crippen MR) is 86.3 cm³/mol. The second kappa shape index (κ2) is 7.88. The molecule has 0 aliphatic carbocycles. The molecule has 2 aromatic rings. The third-order valence-corrected chi connectivity index (χ3v) is 3.66. The number of esters is 1. The van der Waals surface area contributed by atoms with Crippen LogP contribution in [-0.2, 0) is 14.3 Å². The number of ether oxygens (including phenoxy) is 1. The minimum atomic E-state index is -1.08. The Kier molecular flexibility index (Phi) is 5.63. The molecule has 1 heterocycles. The van der Waals surface area contributed by atoms with E-state index in [2.05, 4.69) is 15.5 Å². The first-order valence-corrected chi connectivity index (χ1v) is 7.53. The smallest absolute Gasteiger partial charge is 0.340 e. The van der Waals surface area contributed by atoms with Gasteiger partial charge in [-0.3, -0.25) is 25.2 Å². The van der Waals surface area contributed by atoms with Gasteiger partial charge in [0.05, 0.1) is 12.7 Å². The number of benzene rings is 1. The lowest BCUT2D eigenvalue weighted by Gasteiger charge is -2.08. The Morgan fingerprint density at radius 3 is 2.33 bits per heavy atom. The summed E-state index contributed by atoms with van der Waals surface area (Å²) in [5.74, 6) is -3.31. The molecular formula is C15H13N3O5S. The highest BCUT2D eigenvalue weighted by Crippen LogP contribution is 2.23. The fraction of sp³-hybridized carbons (Fsp3) is 0.0667. The third-order valence-electron chi connectivity index (χ3n) is 2.83. The highest BCUT2D eigenvalue weighted by atomic mass is 32.1.